The zero-order chi connectivity index (χ0) is 16.4. The number of ketones is 1. The van der Waals surface area contributed by atoms with Gasteiger partial charge in [-0.05, 0) is 54.7 Å². The van der Waals surface area contributed by atoms with Gasteiger partial charge >= 0.3 is 8.25 Å². The van der Waals surface area contributed by atoms with Gasteiger partial charge in [-0.2, -0.15) is 0 Å². The summed E-state index contributed by atoms with van der Waals surface area (Å²) in [5.41, 5.74) is 7.62. The standard InChI is InChI=1S/C16H14O.CH5O3P/c1-9-4-6-13(11(3)10(9)2)16(17)15-8-12-5-7-14(12)15;1-4-5(2)3/h4-8H,1-3H3;5H,1H3,(H,2,3). The van der Waals surface area contributed by atoms with Gasteiger partial charge in [0.05, 0.1) is 0 Å². The smallest absolute Gasteiger partial charge is 0.316 e. The first kappa shape index (κ1) is 16.6. The predicted octanol–water partition coefficient (Wildman–Crippen LogP) is 3.84. The summed E-state index contributed by atoms with van der Waals surface area (Å²) >= 11 is 0. The van der Waals surface area contributed by atoms with Crippen LogP contribution in [0.5, 0.6) is 0 Å². The molecule has 0 bridgehead atoms. The lowest BCUT2D eigenvalue weighted by molar-refractivity contribution is 0.103. The van der Waals surface area contributed by atoms with Crippen LogP contribution in [0.4, 0.5) is 0 Å². The van der Waals surface area contributed by atoms with E-state index in [1.807, 2.05) is 37.3 Å². The number of fused-ring (bicyclic) bond motifs is 1. The van der Waals surface area contributed by atoms with Crippen LogP contribution in [-0.4, -0.2) is 17.8 Å². The van der Waals surface area contributed by atoms with Crippen LogP contribution in [0.3, 0.4) is 0 Å². The molecule has 5 heteroatoms. The Balaban J connectivity index is 0.000000309. The molecule has 1 aromatic carbocycles. The van der Waals surface area contributed by atoms with Crippen LogP contribution in [0.25, 0.3) is 11.1 Å². The molecule has 1 unspecified atom stereocenters. The van der Waals surface area contributed by atoms with Crippen LogP contribution in [0.15, 0.2) is 30.3 Å². The molecule has 1 atom stereocenters. The van der Waals surface area contributed by atoms with Crippen molar-refractivity contribution in [1.82, 2.24) is 0 Å². The van der Waals surface area contributed by atoms with Crippen molar-refractivity contribution < 1.29 is 18.8 Å². The van der Waals surface area contributed by atoms with Crippen LogP contribution in [0.1, 0.15) is 32.6 Å². The summed E-state index contributed by atoms with van der Waals surface area (Å²) in [6.45, 7) is 6.18. The lowest BCUT2D eigenvalue weighted by atomic mass is 9.81. The molecule has 0 amide bonds. The molecule has 2 aliphatic carbocycles. The molecule has 2 aliphatic rings. The number of hydrogen-bond acceptors (Lipinski definition) is 3. The highest BCUT2D eigenvalue weighted by atomic mass is 31.1. The molecule has 0 heterocycles. The van der Waals surface area contributed by atoms with Crippen molar-refractivity contribution in [3.8, 4) is 11.1 Å². The van der Waals surface area contributed by atoms with Crippen LogP contribution < -0.4 is 0 Å². The van der Waals surface area contributed by atoms with Crippen molar-refractivity contribution in [1.29, 1.82) is 0 Å². The Kier molecular flexibility index (Phi) is 4.97. The molecule has 0 saturated carbocycles. The molecule has 0 fully saturated rings. The first-order chi connectivity index (χ1) is 10.4. The van der Waals surface area contributed by atoms with E-state index in [2.05, 4.69) is 18.4 Å². The Morgan fingerprint density at radius 2 is 1.68 bits per heavy atom. The summed E-state index contributed by atoms with van der Waals surface area (Å²) in [7, 11) is -1.44. The third kappa shape index (κ3) is 3.05. The molecule has 0 aliphatic heterocycles. The fourth-order valence-corrected chi connectivity index (χ4v) is 2.32. The van der Waals surface area contributed by atoms with Gasteiger partial charge in [-0.1, -0.05) is 24.3 Å². The summed E-state index contributed by atoms with van der Waals surface area (Å²) in [5, 5.41) is 0. The van der Waals surface area contributed by atoms with E-state index in [1.54, 1.807) is 0 Å². The van der Waals surface area contributed by atoms with Crippen molar-refractivity contribution in [2.75, 3.05) is 7.11 Å². The minimum absolute atomic E-state index is 0.161. The van der Waals surface area contributed by atoms with Gasteiger partial charge in [-0.3, -0.25) is 9.36 Å². The van der Waals surface area contributed by atoms with E-state index in [0.29, 0.717) is 0 Å². The molecule has 0 saturated heterocycles. The van der Waals surface area contributed by atoms with Gasteiger partial charge < -0.3 is 9.42 Å². The molecular weight excluding hydrogens is 299 g/mol. The molecule has 0 radical (unpaired) electrons. The van der Waals surface area contributed by atoms with Gasteiger partial charge in [0.25, 0.3) is 0 Å². The Bertz CT molecular complexity index is 765. The highest BCUT2D eigenvalue weighted by Gasteiger charge is 2.24. The van der Waals surface area contributed by atoms with Gasteiger partial charge in [-0.15, -0.1) is 0 Å². The first-order valence-corrected chi connectivity index (χ1v) is 8.16. The van der Waals surface area contributed by atoms with E-state index >= 15 is 0 Å². The number of carbonyl (C=O) groups excluding carboxylic acids is 1. The third-order valence-corrected chi connectivity index (χ3v) is 4.40. The largest absolute Gasteiger partial charge is 0.326 e. The van der Waals surface area contributed by atoms with Crippen molar-refractivity contribution >= 4 is 14.0 Å². The topological polar surface area (TPSA) is 63.6 Å². The van der Waals surface area contributed by atoms with Crippen molar-refractivity contribution in [3.63, 3.8) is 0 Å². The maximum Gasteiger partial charge on any atom is 0.316 e. The average molecular weight is 318 g/mol. The van der Waals surface area contributed by atoms with Crippen molar-refractivity contribution in [2.45, 2.75) is 20.8 Å². The maximum atomic E-state index is 12.4. The molecule has 116 valence electrons. The first-order valence-electron chi connectivity index (χ1n) is 6.89. The lowest BCUT2D eigenvalue weighted by Crippen LogP contribution is -2.11. The van der Waals surface area contributed by atoms with E-state index in [-0.39, 0.29) is 5.78 Å². The molecule has 22 heavy (non-hydrogen) atoms. The predicted molar refractivity (Wildman–Crippen MR) is 87.8 cm³/mol. The summed E-state index contributed by atoms with van der Waals surface area (Å²) in [4.78, 5) is 20.1. The SMILES string of the molecule is CO[PH](=O)O.Cc1ccc(C(=O)c2cc3ccc2-3)c(C)c1C. The second-order valence-electron chi connectivity index (χ2n) is 5.24. The Hall–Kier alpha value is -1.74. The number of carbonyl (C=O) groups is 1. The zero-order valence-corrected chi connectivity index (χ0v) is 14.1. The van der Waals surface area contributed by atoms with E-state index in [4.69, 9.17) is 4.89 Å². The van der Waals surface area contributed by atoms with Gasteiger partial charge in [0.2, 0.25) is 0 Å². The quantitative estimate of drug-likeness (QED) is 0.589. The van der Waals surface area contributed by atoms with Gasteiger partial charge in [0.15, 0.2) is 5.78 Å². The van der Waals surface area contributed by atoms with E-state index in [0.717, 1.165) is 22.3 Å². The molecule has 3 rings (SSSR count). The zero-order valence-electron chi connectivity index (χ0n) is 13.1. The number of aryl methyl sites for hydroxylation is 1. The highest BCUT2D eigenvalue weighted by Crippen LogP contribution is 2.38. The monoisotopic (exact) mass is 318 g/mol. The molecule has 0 aromatic heterocycles. The molecule has 1 aromatic rings. The third-order valence-electron chi connectivity index (χ3n) is 4.05. The fourth-order valence-electron chi connectivity index (χ4n) is 2.32. The molecule has 1 N–H and O–H groups in total. The highest BCUT2D eigenvalue weighted by molar-refractivity contribution is 7.32. The van der Waals surface area contributed by atoms with Crippen LogP contribution in [0.2, 0.25) is 0 Å². The Morgan fingerprint density at radius 1 is 1.05 bits per heavy atom. The van der Waals surface area contributed by atoms with Crippen LogP contribution in [0, 0.1) is 20.8 Å². The van der Waals surface area contributed by atoms with E-state index < -0.39 is 8.25 Å². The van der Waals surface area contributed by atoms with Crippen LogP contribution in [-0.2, 0) is 9.09 Å². The second kappa shape index (κ2) is 6.57. The minimum atomic E-state index is -2.62. The van der Waals surface area contributed by atoms with Crippen molar-refractivity contribution in [2.24, 2.45) is 0 Å². The molecule has 4 nitrogen and oxygen atoms in total. The van der Waals surface area contributed by atoms with Gasteiger partial charge in [0, 0.05) is 18.2 Å². The van der Waals surface area contributed by atoms with E-state index in [9.17, 15) is 9.36 Å². The Morgan fingerprint density at radius 3 is 2.09 bits per heavy atom. The summed E-state index contributed by atoms with van der Waals surface area (Å²) < 4.78 is 13.2. The Labute approximate surface area is 130 Å². The molecule has 0 spiro atoms. The number of benzene rings is 2. The fraction of sp³-hybridized carbons (Fsp3) is 0.235. The number of rotatable bonds is 3. The van der Waals surface area contributed by atoms with Crippen molar-refractivity contribution in [3.05, 3.63) is 58.1 Å². The second-order valence-corrected chi connectivity index (χ2v) is 6.18. The number of hydrogen-bond donors (Lipinski definition) is 1. The van der Waals surface area contributed by atoms with Gasteiger partial charge in [-0.25, -0.2) is 0 Å². The average Bonchev–Trinajstić information content (AvgIpc) is 2.47. The maximum absolute atomic E-state index is 12.4. The lowest BCUT2D eigenvalue weighted by Gasteiger charge is -2.21. The summed E-state index contributed by atoms with van der Waals surface area (Å²) in [6, 6.07) is 10.0. The normalized spacial score (nSPS) is 12.2. The minimum Gasteiger partial charge on any atom is -0.326 e. The van der Waals surface area contributed by atoms with Gasteiger partial charge in [0.1, 0.15) is 0 Å². The van der Waals surface area contributed by atoms with E-state index in [1.165, 1.54) is 23.8 Å². The summed E-state index contributed by atoms with van der Waals surface area (Å²) in [5.74, 6) is 0.161. The van der Waals surface area contributed by atoms with Crippen LogP contribution >= 0.6 is 8.25 Å². The summed E-state index contributed by atoms with van der Waals surface area (Å²) in [6.07, 6.45) is 0. The molecular formula is C17H19O4P.